The van der Waals surface area contributed by atoms with Crippen molar-refractivity contribution in [2.24, 2.45) is 0 Å². The van der Waals surface area contributed by atoms with Crippen LogP contribution in [0.25, 0.3) is 10.8 Å². The van der Waals surface area contributed by atoms with Gasteiger partial charge in [0.15, 0.2) is 0 Å². The van der Waals surface area contributed by atoms with E-state index in [4.69, 9.17) is 16.3 Å². The molecule has 0 aromatic heterocycles. The summed E-state index contributed by atoms with van der Waals surface area (Å²) in [5, 5.41) is 1.82. The number of methoxy groups -OCH3 is 1. The second kappa shape index (κ2) is 4.76. The minimum absolute atomic E-state index is 0.285. The Morgan fingerprint density at radius 1 is 1.18 bits per heavy atom. The van der Waals surface area contributed by atoms with Gasteiger partial charge in [-0.1, -0.05) is 31.2 Å². The van der Waals surface area contributed by atoms with Crippen LogP contribution >= 0.6 is 11.6 Å². The molecule has 0 bridgehead atoms. The molecule has 2 nitrogen and oxygen atoms in total. The van der Waals surface area contributed by atoms with Gasteiger partial charge in [0.05, 0.1) is 13.0 Å². The number of fused-ring (bicyclic) bond motifs is 1. The number of ether oxygens (including phenoxy) is 1. The largest absolute Gasteiger partial charge is 0.497 e. The summed E-state index contributed by atoms with van der Waals surface area (Å²) in [6.07, 6.45) is 0. The van der Waals surface area contributed by atoms with E-state index in [1.54, 1.807) is 14.0 Å². The first kappa shape index (κ1) is 11.9. The van der Waals surface area contributed by atoms with Crippen LogP contribution in [0.3, 0.4) is 0 Å². The SMILES string of the molecule is COc1ccc2ccc([C@H](C)C(=O)Cl)cc2c1. The van der Waals surface area contributed by atoms with Gasteiger partial charge in [-0.3, -0.25) is 4.79 Å². The Hall–Kier alpha value is -1.54. The minimum atomic E-state index is -0.341. The highest BCUT2D eigenvalue weighted by Crippen LogP contribution is 2.26. The van der Waals surface area contributed by atoms with Gasteiger partial charge in [-0.05, 0) is 40.1 Å². The number of benzene rings is 2. The zero-order chi connectivity index (χ0) is 12.4. The third-order valence-electron chi connectivity index (χ3n) is 2.91. The first-order valence-corrected chi connectivity index (χ1v) is 5.76. The van der Waals surface area contributed by atoms with E-state index in [0.717, 1.165) is 22.1 Å². The molecular formula is C14H13ClO2. The molecule has 0 fully saturated rings. The zero-order valence-electron chi connectivity index (χ0n) is 9.74. The lowest BCUT2D eigenvalue weighted by Crippen LogP contribution is -2.01. The summed E-state index contributed by atoms with van der Waals surface area (Å²) < 4.78 is 5.18. The normalized spacial score (nSPS) is 12.4. The van der Waals surface area contributed by atoms with Crippen LogP contribution in [0.5, 0.6) is 5.75 Å². The fraction of sp³-hybridized carbons (Fsp3) is 0.214. The highest BCUT2D eigenvalue weighted by atomic mass is 35.5. The van der Waals surface area contributed by atoms with Crippen LogP contribution in [0.2, 0.25) is 0 Å². The van der Waals surface area contributed by atoms with Gasteiger partial charge in [0.1, 0.15) is 5.75 Å². The van der Waals surface area contributed by atoms with E-state index >= 15 is 0 Å². The summed E-state index contributed by atoms with van der Waals surface area (Å²) in [6.45, 7) is 1.80. The van der Waals surface area contributed by atoms with Crippen molar-refractivity contribution in [3.8, 4) is 5.75 Å². The molecule has 0 aliphatic heterocycles. The highest BCUT2D eigenvalue weighted by Gasteiger charge is 2.12. The standard InChI is InChI=1S/C14H13ClO2/c1-9(14(15)16)11-4-3-10-5-6-13(17-2)8-12(10)7-11/h3-9H,1-2H3/t9-/m0/s1. The lowest BCUT2D eigenvalue weighted by atomic mass is 9.99. The molecule has 2 aromatic rings. The maximum Gasteiger partial charge on any atom is 0.228 e. The van der Waals surface area contributed by atoms with Crippen molar-refractivity contribution in [3.05, 3.63) is 42.0 Å². The molecule has 0 unspecified atom stereocenters. The van der Waals surface area contributed by atoms with Crippen molar-refractivity contribution in [3.63, 3.8) is 0 Å². The molecule has 0 spiro atoms. The summed E-state index contributed by atoms with van der Waals surface area (Å²) in [6, 6.07) is 11.7. The summed E-state index contributed by atoms with van der Waals surface area (Å²) in [5.74, 6) is 0.520. The minimum Gasteiger partial charge on any atom is -0.497 e. The molecule has 0 saturated carbocycles. The molecule has 0 N–H and O–H groups in total. The maximum absolute atomic E-state index is 11.1. The molecular weight excluding hydrogens is 236 g/mol. The number of rotatable bonds is 3. The Kier molecular flexibility index (Phi) is 3.34. The summed E-state index contributed by atoms with van der Waals surface area (Å²) in [4.78, 5) is 11.1. The Bertz CT molecular complexity index is 563. The van der Waals surface area contributed by atoms with Crippen molar-refractivity contribution < 1.29 is 9.53 Å². The first-order chi connectivity index (χ1) is 8.11. The number of hydrogen-bond donors (Lipinski definition) is 0. The molecule has 0 radical (unpaired) electrons. The number of carbonyl (C=O) groups is 1. The third kappa shape index (κ3) is 2.42. The predicted octanol–water partition coefficient (Wildman–Crippen LogP) is 3.72. The van der Waals surface area contributed by atoms with Crippen molar-refractivity contribution in [1.29, 1.82) is 0 Å². The smallest absolute Gasteiger partial charge is 0.228 e. The molecule has 3 heteroatoms. The van der Waals surface area contributed by atoms with E-state index in [-0.39, 0.29) is 11.2 Å². The molecule has 17 heavy (non-hydrogen) atoms. The van der Waals surface area contributed by atoms with E-state index in [9.17, 15) is 4.79 Å². The summed E-state index contributed by atoms with van der Waals surface area (Å²) in [7, 11) is 1.63. The van der Waals surface area contributed by atoms with Gasteiger partial charge in [-0.2, -0.15) is 0 Å². The van der Waals surface area contributed by atoms with Gasteiger partial charge in [-0.15, -0.1) is 0 Å². The maximum atomic E-state index is 11.1. The van der Waals surface area contributed by atoms with Crippen molar-refractivity contribution in [2.75, 3.05) is 7.11 Å². The van der Waals surface area contributed by atoms with Crippen LogP contribution in [0.4, 0.5) is 0 Å². The Balaban J connectivity index is 2.51. The molecule has 0 aliphatic carbocycles. The second-order valence-electron chi connectivity index (χ2n) is 4.00. The Morgan fingerprint density at radius 3 is 2.53 bits per heavy atom. The monoisotopic (exact) mass is 248 g/mol. The van der Waals surface area contributed by atoms with E-state index in [1.165, 1.54) is 0 Å². The van der Waals surface area contributed by atoms with E-state index < -0.39 is 0 Å². The van der Waals surface area contributed by atoms with Crippen LogP contribution in [-0.4, -0.2) is 12.4 Å². The topological polar surface area (TPSA) is 26.3 Å². The van der Waals surface area contributed by atoms with Crippen LogP contribution in [0, 0.1) is 0 Å². The van der Waals surface area contributed by atoms with Crippen molar-refractivity contribution in [1.82, 2.24) is 0 Å². The molecule has 88 valence electrons. The van der Waals surface area contributed by atoms with E-state index in [2.05, 4.69) is 0 Å². The van der Waals surface area contributed by atoms with Gasteiger partial charge in [0.25, 0.3) is 0 Å². The lowest BCUT2D eigenvalue weighted by Gasteiger charge is -2.09. The zero-order valence-corrected chi connectivity index (χ0v) is 10.5. The fourth-order valence-electron chi connectivity index (χ4n) is 1.77. The van der Waals surface area contributed by atoms with Gasteiger partial charge >= 0.3 is 0 Å². The highest BCUT2D eigenvalue weighted by molar-refractivity contribution is 6.64. The third-order valence-corrected chi connectivity index (χ3v) is 3.24. The molecule has 1 atom stereocenters. The van der Waals surface area contributed by atoms with Crippen LogP contribution in [-0.2, 0) is 4.79 Å². The number of carbonyl (C=O) groups excluding carboxylic acids is 1. The first-order valence-electron chi connectivity index (χ1n) is 5.39. The predicted molar refractivity (Wildman–Crippen MR) is 69.8 cm³/mol. The van der Waals surface area contributed by atoms with Crippen molar-refractivity contribution >= 4 is 27.6 Å². The molecule has 0 saturated heterocycles. The van der Waals surface area contributed by atoms with Crippen LogP contribution in [0.15, 0.2) is 36.4 Å². The van der Waals surface area contributed by atoms with Crippen LogP contribution in [0.1, 0.15) is 18.4 Å². The van der Waals surface area contributed by atoms with E-state index in [0.29, 0.717) is 0 Å². The van der Waals surface area contributed by atoms with E-state index in [1.807, 2.05) is 36.4 Å². The average Bonchev–Trinajstić information content (AvgIpc) is 2.36. The molecule has 2 aromatic carbocycles. The quantitative estimate of drug-likeness (QED) is 0.774. The van der Waals surface area contributed by atoms with Gasteiger partial charge in [0.2, 0.25) is 5.24 Å². The van der Waals surface area contributed by atoms with Gasteiger partial charge in [-0.25, -0.2) is 0 Å². The van der Waals surface area contributed by atoms with Crippen molar-refractivity contribution in [2.45, 2.75) is 12.8 Å². The molecule has 0 heterocycles. The average molecular weight is 249 g/mol. The summed E-state index contributed by atoms with van der Waals surface area (Å²) in [5.41, 5.74) is 0.922. The van der Waals surface area contributed by atoms with Gasteiger partial charge < -0.3 is 4.74 Å². The Labute approximate surface area is 105 Å². The number of halogens is 1. The second-order valence-corrected chi connectivity index (χ2v) is 4.37. The molecule has 0 amide bonds. The molecule has 0 aliphatic rings. The number of hydrogen-bond acceptors (Lipinski definition) is 2. The molecule has 2 rings (SSSR count). The Morgan fingerprint density at radius 2 is 1.88 bits per heavy atom. The summed E-state index contributed by atoms with van der Waals surface area (Å²) >= 11 is 5.51. The lowest BCUT2D eigenvalue weighted by molar-refractivity contribution is -0.112. The van der Waals surface area contributed by atoms with Crippen LogP contribution < -0.4 is 4.74 Å². The van der Waals surface area contributed by atoms with Gasteiger partial charge in [0, 0.05) is 0 Å². The fourth-order valence-corrected chi connectivity index (χ4v) is 1.90.